The van der Waals surface area contributed by atoms with Crippen LogP contribution in [0.25, 0.3) is 0 Å². The highest BCUT2D eigenvalue weighted by atomic mass is 32.2. The standard InChI is InChI=1S/C11H22N4O3S/c1-8(2)15(6-5-7-16)19(17,18)10-9(3)14(4)13-11(10)12/h8,16H,5-7H2,1-4H3,(H2,12,13). The SMILES string of the molecule is Cc1c(S(=O)(=O)N(CCCO)C(C)C)c(N)nn1C. The molecule has 0 radical (unpaired) electrons. The maximum absolute atomic E-state index is 12.6. The minimum atomic E-state index is -3.70. The second kappa shape index (κ2) is 5.89. The van der Waals surface area contributed by atoms with Crippen LogP contribution in [-0.4, -0.2) is 46.8 Å². The Balaban J connectivity index is 3.27. The first-order valence-electron chi connectivity index (χ1n) is 6.15. The van der Waals surface area contributed by atoms with E-state index in [9.17, 15) is 8.42 Å². The molecular formula is C11H22N4O3S. The quantitative estimate of drug-likeness (QED) is 0.773. The second-order valence-electron chi connectivity index (χ2n) is 4.71. The van der Waals surface area contributed by atoms with Crippen molar-refractivity contribution in [2.75, 3.05) is 18.9 Å². The third-order valence-corrected chi connectivity index (χ3v) is 5.23. The topological polar surface area (TPSA) is 101 Å². The van der Waals surface area contributed by atoms with Crippen LogP contribution in [0, 0.1) is 6.92 Å². The van der Waals surface area contributed by atoms with Crippen molar-refractivity contribution in [3.63, 3.8) is 0 Å². The van der Waals surface area contributed by atoms with E-state index in [-0.39, 0.29) is 29.9 Å². The lowest BCUT2D eigenvalue weighted by molar-refractivity contribution is 0.258. The fraction of sp³-hybridized carbons (Fsp3) is 0.727. The maximum atomic E-state index is 12.6. The molecule has 0 saturated carbocycles. The molecular weight excluding hydrogens is 268 g/mol. The molecule has 1 rings (SSSR count). The van der Waals surface area contributed by atoms with Gasteiger partial charge in [-0.3, -0.25) is 4.68 Å². The van der Waals surface area contributed by atoms with Gasteiger partial charge in [0.05, 0.1) is 5.69 Å². The Labute approximate surface area is 114 Å². The number of nitrogens with two attached hydrogens (primary N) is 1. The van der Waals surface area contributed by atoms with Gasteiger partial charge < -0.3 is 10.8 Å². The molecule has 0 saturated heterocycles. The number of nitrogen functional groups attached to an aromatic ring is 1. The molecule has 0 fully saturated rings. The minimum Gasteiger partial charge on any atom is -0.396 e. The molecule has 3 N–H and O–H groups in total. The monoisotopic (exact) mass is 290 g/mol. The summed E-state index contributed by atoms with van der Waals surface area (Å²) < 4.78 is 28.1. The van der Waals surface area contributed by atoms with Crippen molar-refractivity contribution >= 4 is 15.8 Å². The van der Waals surface area contributed by atoms with Gasteiger partial charge >= 0.3 is 0 Å². The molecule has 0 aliphatic heterocycles. The van der Waals surface area contributed by atoms with Gasteiger partial charge in [0.2, 0.25) is 10.0 Å². The summed E-state index contributed by atoms with van der Waals surface area (Å²) in [6, 6.07) is -0.212. The van der Waals surface area contributed by atoms with Crippen LogP contribution in [0.4, 0.5) is 5.82 Å². The molecule has 0 aliphatic rings. The summed E-state index contributed by atoms with van der Waals surface area (Å²) in [5, 5.41) is 12.8. The Hall–Kier alpha value is -1.12. The zero-order valence-electron chi connectivity index (χ0n) is 11.8. The van der Waals surface area contributed by atoms with Crippen molar-refractivity contribution in [2.45, 2.75) is 38.1 Å². The molecule has 0 unspecified atom stereocenters. The van der Waals surface area contributed by atoms with E-state index in [1.807, 2.05) is 0 Å². The van der Waals surface area contributed by atoms with Crippen LogP contribution < -0.4 is 5.73 Å². The van der Waals surface area contributed by atoms with E-state index in [1.54, 1.807) is 27.8 Å². The van der Waals surface area contributed by atoms with Gasteiger partial charge in [0.25, 0.3) is 0 Å². The number of rotatable bonds is 6. The van der Waals surface area contributed by atoms with Crippen LogP contribution in [0.15, 0.2) is 4.90 Å². The summed E-state index contributed by atoms with van der Waals surface area (Å²) in [4.78, 5) is 0.0571. The molecule has 0 aromatic carbocycles. The first-order chi connectivity index (χ1) is 8.73. The zero-order valence-corrected chi connectivity index (χ0v) is 12.6. The third-order valence-electron chi connectivity index (χ3n) is 2.98. The van der Waals surface area contributed by atoms with Crippen LogP contribution in [0.2, 0.25) is 0 Å². The highest BCUT2D eigenvalue weighted by Crippen LogP contribution is 2.26. The smallest absolute Gasteiger partial charge is 0.248 e. The molecule has 1 aromatic heterocycles. The van der Waals surface area contributed by atoms with Crippen LogP contribution in [0.5, 0.6) is 0 Å². The van der Waals surface area contributed by atoms with E-state index in [2.05, 4.69) is 5.10 Å². The molecule has 1 heterocycles. The molecule has 0 bridgehead atoms. The number of hydrogen-bond donors (Lipinski definition) is 2. The summed E-state index contributed by atoms with van der Waals surface area (Å²) >= 11 is 0. The van der Waals surface area contributed by atoms with Crippen LogP contribution in [0.1, 0.15) is 26.0 Å². The molecule has 1 aromatic rings. The van der Waals surface area contributed by atoms with Crippen LogP contribution >= 0.6 is 0 Å². The summed E-state index contributed by atoms with van der Waals surface area (Å²) in [6.45, 7) is 5.44. The van der Waals surface area contributed by atoms with Crippen molar-refractivity contribution in [3.8, 4) is 0 Å². The molecule has 19 heavy (non-hydrogen) atoms. The average molecular weight is 290 g/mol. The Morgan fingerprint density at radius 1 is 1.47 bits per heavy atom. The lowest BCUT2D eigenvalue weighted by Gasteiger charge is -2.25. The average Bonchev–Trinajstić information content (AvgIpc) is 2.52. The molecule has 0 spiro atoms. The number of aryl methyl sites for hydroxylation is 1. The molecule has 0 aliphatic carbocycles. The number of aliphatic hydroxyl groups is 1. The maximum Gasteiger partial charge on any atom is 0.248 e. The first kappa shape index (κ1) is 15.9. The molecule has 110 valence electrons. The highest BCUT2D eigenvalue weighted by Gasteiger charge is 2.32. The van der Waals surface area contributed by atoms with Gasteiger partial charge in [-0.25, -0.2) is 8.42 Å². The van der Waals surface area contributed by atoms with Crippen molar-refractivity contribution in [1.82, 2.24) is 14.1 Å². The van der Waals surface area contributed by atoms with Crippen LogP contribution in [-0.2, 0) is 17.1 Å². The Bertz CT molecular complexity index is 536. The largest absolute Gasteiger partial charge is 0.396 e. The van der Waals surface area contributed by atoms with Gasteiger partial charge in [-0.15, -0.1) is 0 Å². The summed E-state index contributed by atoms with van der Waals surface area (Å²) in [7, 11) is -2.05. The second-order valence-corrected chi connectivity index (χ2v) is 6.54. The lowest BCUT2D eigenvalue weighted by Crippen LogP contribution is -2.38. The van der Waals surface area contributed by atoms with Crippen molar-refractivity contribution in [3.05, 3.63) is 5.69 Å². The van der Waals surface area contributed by atoms with Gasteiger partial charge in [-0.2, -0.15) is 9.40 Å². The van der Waals surface area contributed by atoms with Gasteiger partial charge in [-0.1, -0.05) is 0 Å². The third kappa shape index (κ3) is 3.07. The summed E-state index contributed by atoms with van der Waals surface area (Å²) in [5.74, 6) is 0.00893. The summed E-state index contributed by atoms with van der Waals surface area (Å²) in [5.41, 5.74) is 6.21. The predicted molar refractivity (Wildman–Crippen MR) is 73.1 cm³/mol. The Morgan fingerprint density at radius 3 is 2.42 bits per heavy atom. The summed E-state index contributed by atoms with van der Waals surface area (Å²) in [6.07, 6.45) is 0.386. The number of nitrogens with zero attached hydrogens (tertiary/aromatic N) is 3. The van der Waals surface area contributed by atoms with Gasteiger partial charge in [0.1, 0.15) is 4.90 Å². The normalized spacial score (nSPS) is 12.6. The number of aliphatic hydroxyl groups excluding tert-OH is 1. The van der Waals surface area contributed by atoms with Crippen LogP contribution in [0.3, 0.4) is 0 Å². The Kier molecular flexibility index (Phi) is 4.94. The van der Waals surface area contributed by atoms with E-state index in [0.29, 0.717) is 12.1 Å². The molecule has 8 heteroatoms. The number of sulfonamides is 1. The van der Waals surface area contributed by atoms with Crippen molar-refractivity contribution in [1.29, 1.82) is 0 Å². The predicted octanol–water partition coefficient (Wildman–Crippen LogP) is 0.0922. The zero-order chi connectivity index (χ0) is 14.8. The molecule has 7 nitrogen and oxygen atoms in total. The van der Waals surface area contributed by atoms with Gasteiger partial charge in [0.15, 0.2) is 5.82 Å². The lowest BCUT2D eigenvalue weighted by atomic mass is 10.3. The number of aromatic nitrogens is 2. The van der Waals surface area contributed by atoms with E-state index in [1.165, 1.54) is 8.99 Å². The van der Waals surface area contributed by atoms with Crippen molar-refractivity contribution < 1.29 is 13.5 Å². The highest BCUT2D eigenvalue weighted by molar-refractivity contribution is 7.89. The van der Waals surface area contributed by atoms with Crippen molar-refractivity contribution in [2.24, 2.45) is 7.05 Å². The minimum absolute atomic E-state index is 0.00893. The van der Waals surface area contributed by atoms with Gasteiger partial charge in [-0.05, 0) is 27.2 Å². The van der Waals surface area contributed by atoms with Gasteiger partial charge in [0, 0.05) is 26.2 Å². The van der Waals surface area contributed by atoms with E-state index in [0.717, 1.165) is 0 Å². The van der Waals surface area contributed by atoms with E-state index in [4.69, 9.17) is 10.8 Å². The molecule has 0 atom stereocenters. The van der Waals surface area contributed by atoms with E-state index < -0.39 is 10.0 Å². The fourth-order valence-corrected chi connectivity index (χ4v) is 3.90. The van der Waals surface area contributed by atoms with E-state index >= 15 is 0 Å². The number of anilines is 1. The first-order valence-corrected chi connectivity index (χ1v) is 7.59. The fourth-order valence-electron chi connectivity index (χ4n) is 1.93. The molecule has 0 amide bonds. The Morgan fingerprint density at radius 2 is 2.05 bits per heavy atom. The number of hydrogen-bond acceptors (Lipinski definition) is 5.